The van der Waals surface area contributed by atoms with Crippen LogP contribution in [0.3, 0.4) is 0 Å². The van der Waals surface area contributed by atoms with Gasteiger partial charge in [0.25, 0.3) is 0 Å². The second-order valence-corrected chi connectivity index (χ2v) is 5.04. The fourth-order valence-corrected chi connectivity index (χ4v) is 2.11. The smallest absolute Gasteiger partial charge is 0.233 e. The molecule has 102 valence electrons. The van der Waals surface area contributed by atoms with Gasteiger partial charge in [-0.15, -0.1) is 0 Å². The monoisotopic (exact) mass is 308 g/mol. The van der Waals surface area contributed by atoms with E-state index in [2.05, 4.69) is 4.98 Å². The number of rotatable bonds is 3. The minimum absolute atomic E-state index is 0.161. The molecule has 2 N–H and O–H groups in total. The van der Waals surface area contributed by atoms with Gasteiger partial charge in [-0.1, -0.05) is 23.2 Å². The average Bonchev–Trinajstić information content (AvgIpc) is 2.81. The number of nitrogens with two attached hydrogens (primary N) is 1. The summed E-state index contributed by atoms with van der Waals surface area (Å²) >= 11 is 11.9. The Morgan fingerprint density at radius 1 is 1.15 bits per heavy atom. The highest BCUT2D eigenvalue weighted by Gasteiger charge is 2.08. The van der Waals surface area contributed by atoms with E-state index in [-0.39, 0.29) is 6.61 Å². The predicted octanol–water partition coefficient (Wildman–Crippen LogP) is 4.30. The van der Waals surface area contributed by atoms with Crippen LogP contribution in [0.5, 0.6) is 5.75 Å². The molecular weight excluding hydrogens is 299 g/mol. The van der Waals surface area contributed by atoms with Crippen LogP contribution in [0.15, 0.2) is 40.8 Å². The van der Waals surface area contributed by atoms with Crippen molar-refractivity contribution in [1.29, 1.82) is 0 Å². The Kier molecular flexibility index (Phi) is 3.42. The lowest BCUT2D eigenvalue weighted by Gasteiger charge is -2.05. The van der Waals surface area contributed by atoms with Gasteiger partial charge >= 0.3 is 0 Å². The van der Waals surface area contributed by atoms with Crippen molar-refractivity contribution in [3.63, 3.8) is 0 Å². The van der Waals surface area contributed by atoms with Crippen LogP contribution in [-0.2, 0) is 6.61 Å². The molecular formula is C14H10Cl2N2O2. The number of aromatic nitrogens is 1. The van der Waals surface area contributed by atoms with Gasteiger partial charge in [0.15, 0.2) is 12.2 Å². The summed E-state index contributed by atoms with van der Waals surface area (Å²) in [4.78, 5) is 4.30. The number of nitrogen functional groups attached to an aromatic ring is 1. The third-order valence-electron chi connectivity index (χ3n) is 2.70. The van der Waals surface area contributed by atoms with Crippen LogP contribution in [0, 0.1) is 0 Å². The van der Waals surface area contributed by atoms with E-state index in [9.17, 15) is 0 Å². The first-order chi connectivity index (χ1) is 9.61. The molecule has 2 aromatic carbocycles. The van der Waals surface area contributed by atoms with Gasteiger partial charge in [0.1, 0.15) is 11.3 Å². The highest BCUT2D eigenvalue weighted by atomic mass is 35.5. The summed E-state index contributed by atoms with van der Waals surface area (Å²) < 4.78 is 11.1. The molecule has 0 saturated heterocycles. The van der Waals surface area contributed by atoms with Crippen molar-refractivity contribution < 1.29 is 9.15 Å². The van der Waals surface area contributed by atoms with Crippen molar-refractivity contribution in [3.8, 4) is 5.75 Å². The minimum atomic E-state index is 0.161. The zero-order chi connectivity index (χ0) is 14.1. The van der Waals surface area contributed by atoms with Crippen LogP contribution in [0.2, 0.25) is 10.0 Å². The normalized spacial score (nSPS) is 10.9. The highest BCUT2D eigenvalue weighted by Crippen LogP contribution is 2.28. The number of halogens is 2. The summed E-state index contributed by atoms with van der Waals surface area (Å²) in [6, 6.07) is 10.3. The number of nitrogens with zero attached hydrogens (tertiary/aromatic N) is 1. The van der Waals surface area contributed by atoms with Crippen molar-refractivity contribution in [2.24, 2.45) is 0 Å². The summed E-state index contributed by atoms with van der Waals surface area (Å²) in [7, 11) is 0. The third-order valence-corrected chi connectivity index (χ3v) is 3.25. The van der Waals surface area contributed by atoms with Gasteiger partial charge in [-0.3, -0.25) is 0 Å². The Hall–Kier alpha value is -1.91. The van der Waals surface area contributed by atoms with Crippen LogP contribution in [0.4, 0.5) is 5.69 Å². The lowest BCUT2D eigenvalue weighted by atomic mass is 10.3. The third kappa shape index (κ3) is 2.66. The van der Waals surface area contributed by atoms with Crippen molar-refractivity contribution in [2.45, 2.75) is 6.61 Å². The van der Waals surface area contributed by atoms with Crippen LogP contribution >= 0.6 is 23.2 Å². The molecule has 0 bridgehead atoms. The number of ether oxygens (including phenoxy) is 1. The second-order valence-electron chi connectivity index (χ2n) is 4.20. The molecule has 0 aliphatic carbocycles. The topological polar surface area (TPSA) is 61.3 Å². The van der Waals surface area contributed by atoms with E-state index in [0.29, 0.717) is 33.0 Å². The van der Waals surface area contributed by atoms with Crippen LogP contribution in [0.1, 0.15) is 5.89 Å². The van der Waals surface area contributed by atoms with Gasteiger partial charge < -0.3 is 14.9 Å². The molecule has 0 radical (unpaired) electrons. The molecule has 1 heterocycles. The molecule has 3 rings (SSSR count). The molecule has 4 nitrogen and oxygen atoms in total. The molecule has 0 aliphatic rings. The Bertz CT molecular complexity index is 771. The van der Waals surface area contributed by atoms with Gasteiger partial charge in [-0.25, -0.2) is 4.98 Å². The Morgan fingerprint density at radius 2 is 2.00 bits per heavy atom. The zero-order valence-corrected chi connectivity index (χ0v) is 11.8. The molecule has 20 heavy (non-hydrogen) atoms. The van der Waals surface area contributed by atoms with Crippen LogP contribution in [0.25, 0.3) is 11.1 Å². The molecule has 0 spiro atoms. The van der Waals surface area contributed by atoms with E-state index in [1.165, 1.54) is 0 Å². The molecule has 0 fully saturated rings. The molecule has 3 aromatic rings. The predicted molar refractivity (Wildman–Crippen MR) is 79.2 cm³/mol. The van der Waals surface area contributed by atoms with E-state index < -0.39 is 0 Å². The van der Waals surface area contributed by atoms with E-state index in [1.807, 2.05) is 0 Å². The number of benzene rings is 2. The lowest BCUT2D eigenvalue weighted by molar-refractivity contribution is 0.267. The van der Waals surface area contributed by atoms with E-state index in [1.54, 1.807) is 36.4 Å². The van der Waals surface area contributed by atoms with Crippen molar-refractivity contribution in [2.75, 3.05) is 5.73 Å². The summed E-state index contributed by atoms with van der Waals surface area (Å²) in [6.45, 7) is 0.161. The number of fused-ring (bicyclic) bond motifs is 1. The summed E-state index contributed by atoms with van der Waals surface area (Å²) in [5.41, 5.74) is 7.66. The Balaban J connectivity index is 1.81. The van der Waals surface area contributed by atoms with Crippen molar-refractivity contribution in [3.05, 3.63) is 52.3 Å². The number of hydrogen-bond acceptors (Lipinski definition) is 4. The van der Waals surface area contributed by atoms with Gasteiger partial charge in [0, 0.05) is 22.8 Å². The first-order valence-corrected chi connectivity index (χ1v) is 6.60. The SMILES string of the molecule is Nc1ccc2nc(COc3cc(Cl)ccc3Cl)oc2c1. The van der Waals surface area contributed by atoms with E-state index in [4.69, 9.17) is 38.1 Å². The maximum absolute atomic E-state index is 6.01. The van der Waals surface area contributed by atoms with Crippen molar-refractivity contribution in [1.82, 2.24) is 4.98 Å². The standard InChI is InChI=1S/C14H10Cl2N2O2/c15-8-1-3-10(16)12(5-8)19-7-14-18-11-4-2-9(17)6-13(11)20-14/h1-6H,7,17H2. The van der Waals surface area contributed by atoms with Gasteiger partial charge in [-0.05, 0) is 24.3 Å². The minimum Gasteiger partial charge on any atom is -0.482 e. The maximum atomic E-state index is 6.01. The Morgan fingerprint density at radius 3 is 2.85 bits per heavy atom. The quantitative estimate of drug-likeness (QED) is 0.733. The summed E-state index contributed by atoms with van der Waals surface area (Å²) in [6.07, 6.45) is 0. The fourth-order valence-electron chi connectivity index (χ4n) is 1.78. The number of anilines is 1. The zero-order valence-electron chi connectivity index (χ0n) is 10.3. The summed E-state index contributed by atoms with van der Waals surface area (Å²) in [5, 5.41) is 1.03. The molecule has 0 saturated carbocycles. The molecule has 6 heteroatoms. The molecule has 0 atom stereocenters. The van der Waals surface area contributed by atoms with Crippen LogP contribution < -0.4 is 10.5 Å². The van der Waals surface area contributed by atoms with Crippen LogP contribution in [-0.4, -0.2) is 4.98 Å². The molecule has 1 aromatic heterocycles. The average molecular weight is 309 g/mol. The molecule has 0 amide bonds. The highest BCUT2D eigenvalue weighted by molar-refractivity contribution is 6.34. The number of oxazole rings is 1. The first-order valence-electron chi connectivity index (χ1n) is 5.84. The molecule has 0 unspecified atom stereocenters. The van der Waals surface area contributed by atoms with E-state index in [0.717, 1.165) is 5.52 Å². The first kappa shape index (κ1) is 13.1. The van der Waals surface area contributed by atoms with Crippen molar-refractivity contribution >= 4 is 40.0 Å². The van der Waals surface area contributed by atoms with Gasteiger partial charge in [-0.2, -0.15) is 0 Å². The largest absolute Gasteiger partial charge is 0.482 e. The molecule has 0 aliphatic heterocycles. The fraction of sp³-hybridized carbons (Fsp3) is 0.0714. The maximum Gasteiger partial charge on any atom is 0.233 e. The van der Waals surface area contributed by atoms with E-state index >= 15 is 0 Å². The second kappa shape index (κ2) is 5.23. The lowest BCUT2D eigenvalue weighted by Crippen LogP contribution is -1.96. The Labute approximate surface area is 125 Å². The summed E-state index contributed by atoms with van der Waals surface area (Å²) in [5.74, 6) is 0.933. The van der Waals surface area contributed by atoms with Gasteiger partial charge in [0.05, 0.1) is 5.02 Å². The number of hydrogen-bond donors (Lipinski definition) is 1. The van der Waals surface area contributed by atoms with Gasteiger partial charge in [0.2, 0.25) is 5.89 Å².